The lowest BCUT2D eigenvalue weighted by molar-refractivity contribution is -0.125. The molecule has 1 amide bonds. The minimum absolute atomic E-state index is 0.00596. The van der Waals surface area contributed by atoms with Crippen molar-refractivity contribution >= 4 is 5.91 Å². The van der Waals surface area contributed by atoms with E-state index in [0.29, 0.717) is 0 Å². The van der Waals surface area contributed by atoms with Crippen LogP contribution in [0.15, 0.2) is 60.7 Å². The average Bonchev–Trinajstić information content (AvgIpc) is 3.06. The summed E-state index contributed by atoms with van der Waals surface area (Å²) in [6.45, 7) is 3.64. The molecular weight excluding hydrogens is 272 g/mol. The van der Waals surface area contributed by atoms with Gasteiger partial charge in [-0.05, 0) is 18.1 Å². The predicted octanol–water partition coefficient (Wildman–Crippen LogP) is 2.87. The minimum Gasteiger partial charge on any atom is -0.349 e. The highest BCUT2D eigenvalue weighted by molar-refractivity contribution is 5.81. The van der Waals surface area contributed by atoms with E-state index >= 15 is 0 Å². The van der Waals surface area contributed by atoms with Gasteiger partial charge in [-0.3, -0.25) is 4.79 Å². The third-order valence-electron chi connectivity index (χ3n) is 4.44. The molecule has 1 aliphatic heterocycles. The van der Waals surface area contributed by atoms with Crippen LogP contribution in [0.5, 0.6) is 0 Å². The molecular formula is C19H22N2O. The molecule has 22 heavy (non-hydrogen) atoms. The van der Waals surface area contributed by atoms with Gasteiger partial charge in [0, 0.05) is 19.0 Å². The number of carbonyl (C=O) groups excluding carboxylic acids is 1. The van der Waals surface area contributed by atoms with Crippen molar-refractivity contribution in [1.82, 2.24) is 10.6 Å². The molecule has 3 heteroatoms. The molecule has 3 atom stereocenters. The van der Waals surface area contributed by atoms with Crippen LogP contribution < -0.4 is 10.6 Å². The first-order valence-corrected chi connectivity index (χ1v) is 7.86. The molecule has 0 bridgehead atoms. The van der Waals surface area contributed by atoms with E-state index in [1.807, 2.05) is 55.5 Å². The molecule has 1 fully saturated rings. The summed E-state index contributed by atoms with van der Waals surface area (Å²) in [7, 11) is 0. The second-order valence-corrected chi connectivity index (χ2v) is 5.92. The van der Waals surface area contributed by atoms with E-state index in [0.717, 1.165) is 18.7 Å². The lowest BCUT2D eigenvalue weighted by Crippen LogP contribution is -2.36. The summed E-state index contributed by atoms with van der Waals surface area (Å²) in [5, 5.41) is 6.51. The second-order valence-electron chi connectivity index (χ2n) is 5.92. The monoisotopic (exact) mass is 294 g/mol. The Bertz CT molecular complexity index is 612. The van der Waals surface area contributed by atoms with Crippen molar-refractivity contribution in [3.05, 3.63) is 71.8 Å². The first kappa shape index (κ1) is 14.8. The maximum absolute atomic E-state index is 12.7. The van der Waals surface area contributed by atoms with E-state index in [1.165, 1.54) is 5.56 Å². The summed E-state index contributed by atoms with van der Waals surface area (Å²) in [5.41, 5.74) is 2.37. The number of hydrogen-bond donors (Lipinski definition) is 2. The Morgan fingerprint density at radius 1 is 1.05 bits per heavy atom. The number of nitrogens with one attached hydrogen (secondary N) is 2. The van der Waals surface area contributed by atoms with Crippen molar-refractivity contribution in [3.63, 3.8) is 0 Å². The van der Waals surface area contributed by atoms with Crippen LogP contribution in [0.25, 0.3) is 0 Å². The Balaban J connectivity index is 1.69. The van der Waals surface area contributed by atoms with Crippen LogP contribution in [0.2, 0.25) is 0 Å². The lowest BCUT2D eigenvalue weighted by Gasteiger charge is -2.21. The van der Waals surface area contributed by atoms with Crippen LogP contribution in [0.3, 0.4) is 0 Å². The van der Waals surface area contributed by atoms with Gasteiger partial charge in [-0.1, -0.05) is 60.7 Å². The van der Waals surface area contributed by atoms with Crippen LogP contribution >= 0.6 is 0 Å². The smallest absolute Gasteiger partial charge is 0.225 e. The van der Waals surface area contributed by atoms with Gasteiger partial charge in [0.2, 0.25) is 5.91 Å². The van der Waals surface area contributed by atoms with Crippen molar-refractivity contribution in [2.75, 3.05) is 13.1 Å². The van der Waals surface area contributed by atoms with Crippen LogP contribution in [0.4, 0.5) is 0 Å². The molecule has 2 N–H and O–H groups in total. The summed E-state index contributed by atoms with van der Waals surface area (Å²) in [5.74, 6) is 0.382. The van der Waals surface area contributed by atoms with E-state index in [2.05, 4.69) is 22.8 Å². The number of hydrogen-bond acceptors (Lipinski definition) is 2. The molecule has 2 aromatic carbocycles. The first-order chi connectivity index (χ1) is 10.8. The van der Waals surface area contributed by atoms with Gasteiger partial charge in [-0.25, -0.2) is 0 Å². The van der Waals surface area contributed by atoms with E-state index < -0.39 is 0 Å². The van der Waals surface area contributed by atoms with Gasteiger partial charge in [-0.2, -0.15) is 0 Å². The van der Waals surface area contributed by atoms with Gasteiger partial charge in [0.15, 0.2) is 0 Å². The first-order valence-electron chi connectivity index (χ1n) is 7.86. The zero-order chi connectivity index (χ0) is 15.4. The van der Waals surface area contributed by atoms with E-state index in [9.17, 15) is 4.79 Å². The lowest BCUT2D eigenvalue weighted by atomic mass is 9.88. The van der Waals surface area contributed by atoms with Crippen LogP contribution in [0.1, 0.15) is 30.0 Å². The van der Waals surface area contributed by atoms with Gasteiger partial charge in [0.05, 0.1) is 12.0 Å². The Morgan fingerprint density at radius 3 is 2.36 bits per heavy atom. The fraction of sp³-hybridized carbons (Fsp3) is 0.316. The summed E-state index contributed by atoms with van der Waals surface area (Å²) < 4.78 is 0. The standard InChI is InChI=1S/C19H22N2O/c1-14(15-8-4-2-5-9-15)21-19(22)18-13-20-12-17(18)16-10-6-3-7-11-16/h2-11,14,17-18,20H,12-13H2,1H3,(H,21,22)/t14-,17-,18+/m0/s1. The number of carbonyl (C=O) groups is 1. The molecule has 1 saturated heterocycles. The van der Waals surface area contributed by atoms with E-state index in [4.69, 9.17) is 0 Å². The summed E-state index contributed by atoms with van der Waals surface area (Å²) in [4.78, 5) is 12.7. The molecule has 0 aromatic heterocycles. The maximum atomic E-state index is 12.7. The second kappa shape index (κ2) is 6.75. The molecule has 1 aliphatic rings. The normalized spacial score (nSPS) is 22.2. The molecule has 1 heterocycles. The Kier molecular flexibility index (Phi) is 4.54. The summed E-state index contributed by atoms with van der Waals surface area (Å²) >= 11 is 0. The number of amides is 1. The van der Waals surface area contributed by atoms with Crippen LogP contribution in [-0.4, -0.2) is 19.0 Å². The molecule has 0 unspecified atom stereocenters. The average molecular weight is 294 g/mol. The highest BCUT2D eigenvalue weighted by atomic mass is 16.2. The van der Waals surface area contributed by atoms with Crippen LogP contribution in [0, 0.1) is 5.92 Å². The Labute approximate surface area is 131 Å². The highest BCUT2D eigenvalue weighted by Crippen LogP contribution is 2.28. The summed E-state index contributed by atoms with van der Waals surface area (Å²) in [6.07, 6.45) is 0. The fourth-order valence-corrected chi connectivity index (χ4v) is 3.15. The highest BCUT2D eigenvalue weighted by Gasteiger charge is 2.34. The predicted molar refractivity (Wildman–Crippen MR) is 88.5 cm³/mol. The Morgan fingerprint density at radius 2 is 1.68 bits per heavy atom. The largest absolute Gasteiger partial charge is 0.349 e. The maximum Gasteiger partial charge on any atom is 0.225 e. The molecule has 3 rings (SSSR count). The molecule has 0 aliphatic carbocycles. The van der Waals surface area contributed by atoms with Crippen molar-refractivity contribution in [2.45, 2.75) is 18.9 Å². The topological polar surface area (TPSA) is 41.1 Å². The third kappa shape index (κ3) is 3.20. The quantitative estimate of drug-likeness (QED) is 0.910. The van der Waals surface area contributed by atoms with Gasteiger partial charge in [0.1, 0.15) is 0 Å². The van der Waals surface area contributed by atoms with Crippen molar-refractivity contribution in [2.24, 2.45) is 5.92 Å². The molecule has 3 nitrogen and oxygen atoms in total. The fourth-order valence-electron chi connectivity index (χ4n) is 3.15. The molecule has 0 radical (unpaired) electrons. The van der Waals surface area contributed by atoms with Gasteiger partial charge >= 0.3 is 0 Å². The van der Waals surface area contributed by atoms with Crippen molar-refractivity contribution in [1.29, 1.82) is 0 Å². The Hall–Kier alpha value is -2.13. The number of rotatable bonds is 4. The number of benzene rings is 2. The summed E-state index contributed by atoms with van der Waals surface area (Å²) in [6, 6.07) is 20.4. The zero-order valence-corrected chi connectivity index (χ0v) is 12.8. The van der Waals surface area contributed by atoms with Crippen molar-refractivity contribution < 1.29 is 4.79 Å². The molecule has 114 valence electrons. The van der Waals surface area contributed by atoms with Gasteiger partial charge in [-0.15, -0.1) is 0 Å². The third-order valence-corrected chi connectivity index (χ3v) is 4.44. The van der Waals surface area contributed by atoms with Crippen molar-refractivity contribution in [3.8, 4) is 0 Å². The molecule has 0 saturated carbocycles. The molecule has 2 aromatic rings. The van der Waals surface area contributed by atoms with Gasteiger partial charge in [0.25, 0.3) is 0 Å². The van der Waals surface area contributed by atoms with E-state index in [-0.39, 0.29) is 23.8 Å². The zero-order valence-electron chi connectivity index (χ0n) is 12.8. The minimum atomic E-state index is -0.00596. The van der Waals surface area contributed by atoms with Gasteiger partial charge < -0.3 is 10.6 Å². The van der Waals surface area contributed by atoms with Crippen LogP contribution in [-0.2, 0) is 4.79 Å². The van der Waals surface area contributed by atoms with E-state index in [1.54, 1.807) is 0 Å². The molecule has 0 spiro atoms. The SMILES string of the molecule is C[C@H](NC(=O)[C@@H]1CNC[C@H]1c1ccccc1)c1ccccc1.